The molecule has 0 heterocycles. The molecule has 0 amide bonds. The normalized spacial score (nSPS) is 14.0. The number of rotatable bonds is 5. The Balaban J connectivity index is 0.00000261. The fourth-order valence-corrected chi connectivity index (χ4v) is 3.76. The van der Waals surface area contributed by atoms with Gasteiger partial charge in [-0.15, -0.1) is 0 Å². The molecule has 0 aromatic heterocycles. The van der Waals surface area contributed by atoms with Gasteiger partial charge in [-0.3, -0.25) is 14.9 Å². The van der Waals surface area contributed by atoms with Crippen molar-refractivity contribution in [2.45, 2.75) is 5.66 Å². The second kappa shape index (κ2) is 8.44. The smallest absolute Gasteiger partial charge is 0.778 e. The number of carbonyl (C=O) groups is 1. The van der Waals surface area contributed by atoms with Gasteiger partial charge >= 0.3 is 29.6 Å². The predicted molar refractivity (Wildman–Crippen MR) is 93.9 cm³/mol. The van der Waals surface area contributed by atoms with Crippen molar-refractivity contribution in [2.24, 2.45) is 0 Å². The minimum absolute atomic E-state index is 0. The molecule has 7 nitrogen and oxygen atoms in total. The largest absolute Gasteiger partial charge is 1.00 e. The van der Waals surface area contributed by atoms with Crippen LogP contribution in [-0.4, -0.2) is 15.6 Å². The number of hydrogen-bond donors (Lipinski definition) is 1. The van der Waals surface area contributed by atoms with Gasteiger partial charge in [0.2, 0.25) is 0 Å². The van der Waals surface area contributed by atoms with Crippen molar-refractivity contribution in [1.82, 2.24) is 0 Å². The predicted octanol–water partition coefficient (Wildman–Crippen LogP) is 0.222. The molecule has 132 valence electrons. The SMILES string of the molecule is O=C(c1ccc2ccccc2c1)C(c1ccc([N+](=O)[O-])cc1)P(=O)([O-])O.[Na+]. The Morgan fingerprint density at radius 2 is 1.59 bits per heavy atom. The van der Waals surface area contributed by atoms with Crippen LogP contribution >= 0.6 is 7.60 Å². The van der Waals surface area contributed by atoms with E-state index >= 15 is 0 Å². The molecule has 1 N–H and O–H groups in total. The number of non-ortho nitro benzene ring substituents is 1. The summed E-state index contributed by atoms with van der Waals surface area (Å²) in [7, 11) is -5.09. The Kier molecular flexibility index (Phi) is 6.70. The average molecular weight is 393 g/mol. The molecule has 0 saturated carbocycles. The van der Waals surface area contributed by atoms with Crippen LogP contribution in [0.2, 0.25) is 0 Å². The van der Waals surface area contributed by atoms with E-state index in [2.05, 4.69) is 0 Å². The summed E-state index contributed by atoms with van der Waals surface area (Å²) in [5.41, 5.74) is -1.99. The van der Waals surface area contributed by atoms with Gasteiger partial charge in [0.25, 0.3) is 5.69 Å². The molecular formula is C18H13NNaO6P. The Bertz CT molecular complexity index is 1050. The number of ketones is 1. The van der Waals surface area contributed by atoms with Gasteiger partial charge in [0.05, 0.1) is 4.92 Å². The Morgan fingerprint density at radius 3 is 2.15 bits per heavy atom. The van der Waals surface area contributed by atoms with Crippen molar-refractivity contribution in [1.29, 1.82) is 0 Å². The Morgan fingerprint density at radius 1 is 1.00 bits per heavy atom. The molecular weight excluding hydrogens is 380 g/mol. The van der Waals surface area contributed by atoms with Crippen LogP contribution in [0.3, 0.4) is 0 Å². The van der Waals surface area contributed by atoms with Crippen LogP contribution in [0.5, 0.6) is 0 Å². The maximum Gasteiger partial charge on any atom is 1.00 e. The van der Waals surface area contributed by atoms with E-state index in [0.29, 0.717) is 0 Å². The van der Waals surface area contributed by atoms with E-state index in [4.69, 9.17) is 0 Å². The van der Waals surface area contributed by atoms with Crippen molar-refractivity contribution in [2.75, 3.05) is 0 Å². The van der Waals surface area contributed by atoms with E-state index in [0.717, 1.165) is 35.0 Å². The van der Waals surface area contributed by atoms with Gasteiger partial charge in [-0.2, -0.15) is 0 Å². The van der Waals surface area contributed by atoms with Crippen LogP contribution < -0.4 is 34.5 Å². The zero-order valence-electron chi connectivity index (χ0n) is 14.3. The first-order chi connectivity index (χ1) is 12.3. The summed E-state index contributed by atoms with van der Waals surface area (Å²) in [5, 5.41) is 12.4. The van der Waals surface area contributed by atoms with Crippen molar-refractivity contribution < 1.29 is 53.6 Å². The zero-order valence-corrected chi connectivity index (χ0v) is 17.2. The van der Waals surface area contributed by atoms with Crippen LogP contribution in [0.1, 0.15) is 21.6 Å². The second-order valence-corrected chi connectivity index (χ2v) is 7.39. The van der Waals surface area contributed by atoms with E-state index in [9.17, 15) is 29.3 Å². The monoisotopic (exact) mass is 393 g/mol. The first-order valence-corrected chi connectivity index (χ1v) is 9.23. The minimum atomic E-state index is -5.09. The van der Waals surface area contributed by atoms with E-state index in [1.165, 1.54) is 6.07 Å². The minimum Gasteiger partial charge on any atom is -0.778 e. The van der Waals surface area contributed by atoms with Crippen molar-refractivity contribution >= 4 is 29.8 Å². The van der Waals surface area contributed by atoms with Gasteiger partial charge < -0.3 is 14.4 Å². The zero-order chi connectivity index (χ0) is 18.9. The van der Waals surface area contributed by atoms with E-state index in [1.807, 2.05) is 12.1 Å². The summed E-state index contributed by atoms with van der Waals surface area (Å²) >= 11 is 0. The third-order valence-corrected chi connectivity index (χ3v) is 5.21. The van der Waals surface area contributed by atoms with Crippen LogP contribution in [0.25, 0.3) is 10.8 Å². The average Bonchev–Trinajstić information content (AvgIpc) is 2.60. The molecule has 2 unspecified atom stereocenters. The van der Waals surface area contributed by atoms with Crippen molar-refractivity contribution in [3.63, 3.8) is 0 Å². The Hall–Kier alpha value is -1.86. The first-order valence-electron chi connectivity index (χ1n) is 7.58. The number of nitro groups is 1. The molecule has 27 heavy (non-hydrogen) atoms. The summed E-state index contributed by atoms with van der Waals surface area (Å²) in [5.74, 6) is -0.801. The summed E-state index contributed by atoms with van der Waals surface area (Å²) in [6.45, 7) is 0. The molecule has 0 aliphatic carbocycles. The van der Waals surface area contributed by atoms with Gasteiger partial charge in [-0.25, -0.2) is 0 Å². The number of fused-ring (bicyclic) bond motifs is 1. The fraction of sp³-hybridized carbons (Fsp3) is 0.0556. The van der Waals surface area contributed by atoms with Crippen LogP contribution in [-0.2, 0) is 4.57 Å². The molecule has 9 heteroatoms. The number of carbonyl (C=O) groups excluding carboxylic acids is 1. The number of hydrogen-bond acceptors (Lipinski definition) is 5. The van der Waals surface area contributed by atoms with Gasteiger partial charge in [-0.1, -0.05) is 48.5 Å². The number of benzene rings is 3. The fourth-order valence-electron chi connectivity index (χ4n) is 2.77. The molecule has 3 aromatic rings. The van der Waals surface area contributed by atoms with Crippen molar-refractivity contribution in [3.05, 3.63) is 88.0 Å². The third-order valence-electron chi connectivity index (χ3n) is 4.03. The summed E-state index contributed by atoms with van der Waals surface area (Å²) in [4.78, 5) is 44.3. The van der Waals surface area contributed by atoms with Crippen LogP contribution in [0.4, 0.5) is 5.69 Å². The number of nitro benzene ring substituents is 1. The summed E-state index contributed by atoms with van der Waals surface area (Å²) < 4.78 is 11.9. The van der Waals surface area contributed by atoms with E-state index in [1.54, 1.807) is 24.3 Å². The molecule has 3 rings (SSSR count). The first kappa shape index (κ1) is 21.4. The summed E-state index contributed by atoms with van der Waals surface area (Å²) in [6, 6.07) is 16.5. The topological polar surface area (TPSA) is 121 Å². The van der Waals surface area contributed by atoms with Gasteiger partial charge in [-0.05, 0) is 22.4 Å². The molecule has 0 spiro atoms. The van der Waals surface area contributed by atoms with Crippen LogP contribution in [0, 0.1) is 10.1 Å². The van der Waals surface area contributed by atoms with E-state index in [-0.39, 0.29) is 46.4 Å². The van der Waals surface area contributed by atoms with Gasteiger partial charge in [0.15, 0.2) is 5.78 Å². The molecule has 3 aromatic carbocycles. The summed E-state index contributed by atoms with van der Waals surface area (Å²) in [6.07, 6.45) is 0. The molecule has 2 atom stereocenters. The number of nitrogens with zero attached hydrogens (tertiary/aromatic N) is 1. The molecule has 0 bridgehead atoms. The molecule has 0 saturated heterocycles. The standard InChI is InChI=1S/C18H14NO6P.Na/c20-17(15-6-5-12-3-1-2-4-14(12)11-15)18(26(23,24)25)13-7-9-16(10-8-13)19(21)22;/h1-11,18H,(H2,23,24,25);/q;+1/p-1. The second-order valence-electron chi connectivity index (χ2n) is 5.74. The Labute approximate surface area is 176 Å². The maximum absolute atomic E-state index is 12.8. The van der Waals surface area contributed by atoms with Crippen molar-refractivity contribution in [3.8, 4) is 0 Å². The van der Waals surface area contributed by atoms with Gasteiger partial charge in [0, 0.05) is 17.7 Å². The third kappa shape index (κ3) is 4.71. The van der Waals surface area contributed by atoms with Gasteiger partial charge in [0.1, 0.15) is 13.3 Å². The molecule has 0 aliphatic rings. The molecule has 0 aliphatic heterocycles. The van der Waals surface area contributed by atoms with Crippen LogP contribution in [0.15, 0.2) is 66.7 Å². The number of Topliss-reactive ketones (excluding diaryl/α,β-unsaturated/α-hetero) is 1. The molecule has 0 radical (unpaired) electrons. The van der Waals surface area contributed by atoms with E-state index < -0.39 is 24.0 Å². The quantitative estimate of drug-likeness (QED) is 0.218. The maximum atomic E-state index is 12.8. The molecule has 0 fully saturated rings.